The zero-order valence-electron chi connectivity index (χ0n) is 11.6. The van der Waals surface area contributed by atoms with E-state index in [1.807, 2.05) is 6.07 Å². The maximum Gasteiger partial charge on any atom is 0.165 e. The Hall–Kier alpha value is -1.13. The van der Waals surface area contributed by atoms with Crippen LogP contribution in [-0.2, 0) is 11.3 Å². The fourth-order valence-electron chi connectivity index (χ4n) is 2.10. The molecule has 1 aromatic rings. The molecule has 3 nitrogen and oxygen atoms in total. The molecule has 0 atom stereocenters. The quantitative estimate of drug-likeness (QED) is 0.890. The summed E-state index contributed by atoms with van der Waals surface area (Å²) in [6.45, 7) is 6.14. The van der Waals surface area contributed by atoms with Crippen molar-refractivity contribution in [2.45, 2.75) is 45.4 Å². The number of rotatable bonds is 5. The van der Waals surface area contributed by atoms with Gasteiger partial charge in [-0.25, -0.2) is 4.39 Å². The van der Waals surface area contributed by atoms with E-state index in [0.29, 0.717) is 31.5 Å². The maximum absolute atomic E-state index is 13.9. The Bertz CT molecular complexity index is 403. The zero-order valence-corrected chi connectivity index (χ0v) is 11.6. The van der Waals surface area contributed by atoms with Gasteiger partial charge in [-0.1, -0.05) is 26.0 Å². The highest BCUT2D eigenvalue weighted by molar-refractivity contribution is 5.35. The molecule has 0 aromatic heterocycles. The molecule has 1 N–H and O–H groups in total. The van der Waals surface area contributed by atoms with Crippen molar-refractivity contribution in [1.82, 2.24) is 5.32 Å². The van der Waals surface area contributed by atoms with E-state index in [1.54, 1.807) is 6.07 Å². The van der Waals surface area contributed by atoms with Gasteiger partial charge in [0.1, 0.15) is 6.10 Å². The Balaban J connectivity index is 2.07. The summed E-state index contributed by atoms with van der Waals surface area (Å²) in [5.41, 5.74) is 0.875. The monoisotopic (exact) mass is 267 g/mol. The Morgan fingerprint density at radius 2 is 2.11 bits per heavy atom. The van der Waals surface area contributed by atoms with Gasteiger partial charge in [0.15, 0.2) is 11.6 Å². The standard InChI is InChI=1S/C15H22FNO2/c1-11(2)17-10-12-4-3-5-14(16)15(12)19-13-6-8-18-9-7-13/h3-5,11,13,17H,6-10H2,1-2H3. The van der Waals surface area contributed by atoms with Gasteiger partial charge >= 0.3 is 0 Å². The van der Waals surface area contributed by atoms with Crippen LogP contribution in [0.15, 0.2) is 18.2 Å². The summed E-state index contributed by atoms with van der Waals surface area (Å²) in [5.74, 6) is 0.108. The molecule has 1 aliphatic rings. The second-order valence-corrected chi connectivity index (χ2v) is 5.19. The van der Waals surface area contributed by atoms with Crippen LogP contribution < -0.4 is 10.1 Å². The number of para-hydroxylation sites is 1. The van der Waals surface area contributed by atoms with Crippen LogP contribution in [0.3, 0.4) is 0 Å². The third-order valence-electron chi connectivity index (χ3n) is 3.20. The lowest BCUT2D eigenvalue weighted by molar-refractivity contribution is 0.0235. The van der Waals surface area contributed by atoms with E-state index in [9.17, 15) is 4.39 Å². The first-order valence-corrected chi connectivity index (χ1v) is 6.92. The van der Waals surface area contributed by atoms with Crippen LogP contribution in [0.25, 0.3) is 0 Å². The molecule has 106 valence electrons. The van der Waals surface area contributed by atoms with E-state index in [2.05, 4.69) is 19.2 Å². The molecule has 0 amide bonds. The minimum Gasteiger partial charge on any atom is -0.487 e. The molecule has 19 heavy (non-hydrogen) atoms. The summed E-state index contributed by atoms with van der Waals surface area (Å²) >= 11 is 0. The molecule has 1 fully saturated rings. The molecule has 1 heterocycles. The van der Waals surface area contributed by atoms with Crippen LogP contribution in [0, 0.1) is 5.82 Å². The first-order chi connectivity index (χ1) is 9.16. The third-order valence-corrected chi connectivity index (χ3v) is 3.20. The van der Waals surface area contributed by atoms with Gasteiger partial charge in [0, 0.05) is 31.0 Å². The Kier molecular flexibility index (Phi) is 5.16. The van der Waals surface area contributed by atoms with Gasteiger partial charge in [-0.15, -0.1) is 0 Å². The van der Waals surface area contributed by atoms with E-state index in [1.165, 1.54) is 6.07 Å². The van der Waals surface area contributed by atoms with E-state index < -0.39 is 0 Å². The largest absolute Gasteiger partial charge is 0.487 e. The second-order valence-electron chi connectivity index (χ2n) is 5.19. The van der Waals surface area contributed by atoms with Gasteiger partial charge in [0.05, 0.1) is 13.2 Å². The lowest BCUT2D eigenvalue weighted by Gasteiger charge is -2.25. The number of hydrogen-bond acceptors (Lipinski definition) is 3. The van der Waals surface area contributed by atoms with Gasteiger partial charge in [0.2, 0.25) is 0 Å². The highest BCUT2D eigenvalue weighted by Gasteiger charge is 2.19. The molecule has 1 aromatic carbocycles. The molecular weight excluding hydrogens is 245 g/mol. The highest BCUT2D eigenvalue weighted by Crippen LogP contribution is 2.26. The van der Waals surface area contributed by atoms with E-state index in [0.717, 1.165) is 18.4 Å². The lowest BCUT2D eigenvalue weighted by atomic mass is 10.1. The van der Waals surface area contributed by atoms with Gasteiger partial charge in [-0.2, -0.15) is 0 Å². The average molecular weight is 267 g/mol. The minimum atomic E-state index is -0.283. The summed E-state index contributed by atoms with van der Waals surface area (Å²) in [6, 6.07) is 5.45. The predicted octanol–water partition coefficient (Wildman–Crippen LogP) is 2.88. The molecule has 0 unspecified atom stereocenters. The normalized spacial score (nSPS) is 16.8. The van der Waals surface area contributed by atoms with Crippen molar-refractivity contribution in [1.29, 1.82) is 0 Å². The Labute approximate surface area is 114 Å². The summed E-state index contributed by atoms with van der Waals surface area (Å²) in [6.07, 6.45) is 1.71. The fraction of sp³-hybridized carbons (Fsp3) is 0.600. The number of nitrogens with one attached hydrogen (secondary N) is 1. The minimum absolute atomic E-state index is 0.0587. The van der Waals surface area contributed by atoms with Crippen molar-refractivity contribution < 1.29 is 13.9 Å². The molecule has 4 heteroatoms. The number of hydrogen-bond donors (Lipinski definition) is 1. The van der Waals surface area contributed by atoms with E-state index in [4.69, 9.17) is 9.47 Å². The fourth-order valence-corrected chi connectivity index (χ4v) is 2.10. The van der Waals surface area contributed by atoms with Crippen LogP contribution in [0.5, 0.6) is 5.75 Å². The summed E-state index contributed by atoms with van der Waals surface area (Å²) in [7, 11) is 0. The zero-order chi connectivity index (χ0) is 13.7. The first kappa shape index (κ1) is 14.3. The Morgan fingerprint density at radius 1 is 1.37 bits per heavy atom. The molecule has 0 spiro atoms. The smallest absolute Gasteiger partial charge is 0.165 e. The molecule has 0 saturated carbocycles. The topological polar surface area (TPSA) is 30.5 Å². The van der Waals surface area contributed by atoms with Gasteiger partial charge in [0.25, 0.3) is 0 Å². The van der Waals surface area contributed by atoms with E-state index >= 15 is 0 Å². The van der Waals surface area contributed by atoms with E-state index in [-0.39, 0.29) is 11.9 Å². The van der Waals surface area contributed by atoms with Gasteiger partial charge in [-0.05, 0) is 6.07 Å². The molecule has 2 rings (SSSR count). The second kappa shape index (κ2) is 6.87. The molecule has 1 aliphatic heterocycles. The molecule has 0 radical (unpaired) electrons. The van der Waals surface area contributed by atoms with Crippen LogP contribution in [-0.4, -0.2) is 25.4 Å². The summed E-state index contributed by atoms with van der Waals surface area (Å²) in [4.78, 5) is 0. The summed E-state index contributed by atoms with van der Waals surface area (Å²) in [5, 5.41) is 3.30. The molecular formula is C15H22FNO2. The average Bonchev–Trinajstić information content (AvgIpc) is 2.40. The lowest BCUT2D eigenvalue weighted by Crippen LogP contribution is -2.27. The highest BCUT2D eigenvalue weighted by atomic mass is 19.1. The van der Waals surface area contributed by atoms with Crippen LogP contribution in [0.4, 0.5) is 4.39 Å². The van der Waals surface area contributed by atoms with Crippen LogP contribution >= 0.6 is 0 Å². The summed E-state index contributed by atoms with van der Waals surface area (Å²) < 4.78 is 25.1. The number of halogens is 1. The SMILES string of the molecule is CC(C)NCc1cccc(F)c1OC1CCOCC1. The van der Waals surface area contributed by atoms with Crippen molar-refractivity contribution in [3.05, 3.63) is 29.6 Å². The predicted molar refractivity (Wildman–Crippen MR) is 72.8 cm³/mol. The van der Waals surface area contributed by atoms with Crippen molar-refractivity contribution in [3.8, 4) is 5.75 Å². The van der Waals surface area contributed by atoms with Gasteiger partial charge < -0.3 is 14.8 Å². The molecule has 0 bridgehead atoms. The van der Waals surface area contributed by atoms with Crippen LogP contribution in [0.1, 0.15) is 32.3 Å². The van der Waals surface area contributed by atoms with Gasteiger partial charge in [-0.3, -0.25) is 0 Å². The van der Waals surface area contributed by atoms with Crippen molar-refractivity contribution in [2.75, 3.05) is 13.2 Å². The maximum atomic E-state index is 13.9. The number of benzene rings is 1. The Morgan fingerprint density at radius 3 is 2.79 bits per heavy atom. The number of ether oxygens (including phenoxy) is 2. The molecule has 1 saturated heterocycles. The van der Waals surface area contributed by atoms with Crippen molar-refractivity contribution >= 4 is 0 Å². The van der Waals surface area contributed by atoms with Crippen molar-refractivity contribution in [3.63, 3.8) is 0 Å². The third kappa shape index (κ3) is 4.18. The molecule has 0 aliphatic carbocycles. The van der Waals surface area contributed by atoms with Crippen LogP contribution in [0.2, 0.25) is 0 Å². The first-order valence-electron chi connectivity index (χ1n) is 6.92. The van der Waals surface area contributed by atoms with Crippen molar-refractivity contribution in [2.24, 2.45) is 0 Å².